The molecule has 166 valence electrons. The Balaban J connectivity index is 1.42. The first-order valence-electron chi connectivity index (χ1n) is 10.5. The van der Waals surface area contributed by atoms with Crippen LogP contribution in [0.1, 0.15) is 12.0 Å². The number of aliphatic imine (C=N–C) groups is 1. The van der Waals surface area contributed by atoms with Crippen molar-refractivity contribution in [2.75, 3.05) is 45.2 Å². The van der Waals surface area contributed by atoms with Gasteiger partial charge in [-0.2, -0.15) is 0 Å². The number of guanidine groups is 1. The number of ether oxygens (including phenoxy) is 1. The maximum absolute atomic E-state index is 12.1. The van der Waals surface area contributed by atoms with Gasteiger partial charge in [0.2, 0.25) is 5.91 Å². The van der Waals surface area contributed by atoms with Gasteiger partial charge in [-0.3, -0.25) is 9.79 Å². The number of carbonyl (C=O) groups excluding carboxylic acids is 1. The molecule has 3 N–H and O–H groups in total. The fraction of sp³-hybridized carbons (Fsp3) is 0.391. The summed E-state index contributed by atoms with van der Waals surface area (Å²) in [5.41, 5.74) is 2.19. The Morgan fingerprint density at radius 3 is 2.77 bits per heavy atom. The summed E-state index contributed by atoms with van der Waals surface area (Å²) in [6.07, 6.45) is 1.75. The van der Waals surface area contributed by atoms with Crippen molar-refractivity contribution in [1.82, 2.24) is 16.0 Å². The maximum atomic E-state index is 12.1. The zero-order valence-corrected chi connectivity index (χ0v) is 18.8. The van der Waals surface area contributed by atoms with E-state index in [2.05, 4.69) is 38.0 Å². The highest BCUT2D eigenvalue weighted by Crippen LogP contribution is 2.33. The zero-order valence-electron chi connectivity index (χ0n) is 18.0. The third-order valence-electron chi connectivity index (χ3n) is 5.23. The Morgan fingerprint density at radius 2 is 2.03 bits per heavy atom. The highest BCUT2D eigenvalue weighted by molar-refractivity contribution is 6.30. The van der Waals surface area contributed by atoms with Crippen LogP contribution in [0.3, 0.4) is 0 Å². The van der Waals surface area contributed by atoms with Gasteiger partial charge in [-0.15, -0.1) is 0 Å². The molecular weight excluding hydrogens is 414 g/mol. The molecule has 1 atom stereocenters. The molecular formula is C23H30ClN5O2. The van der Waals surface area contributed by atoms with Crippen molar-refractivity contribution in [1.29, 1.82) is 0 Å². The second kappa shape index (κ2) is 11.5. The van der Waals surface area contributed by atoms with Crippen LogP contribution in [0.5, 0.6) is 5.75 Å². The molecule has 3 rings (SSSR count). The normalized spacial score (nSPS) is 16.2. The van der Waals surface area contributed by atoms with E-state index in [1.165, 1.54) is 5.56 Å². The summed E-state index contributed by atoms with van der Waals surface area (Å²) in [5.74, 6) is 1.36. The SMILES string of the molecule is CN=C(NCC(=O)NCCc1ccccc1)NC1CCN(c2cc(Cl)ccc2OC)C1. The Kier molecular flexibility index (Phi) is 8.41. The number of amides is 1. The molecule has 31 heavy (non-hydrogen) atoms. The molecule has 7 nitrogen and oxygen atoms in total. The van der Waals surface area contributed by atoms with Crippen LogP contribution in [-0.2, 0) is 11.2 Å². The Morgan fingerprint density at radius 1 is 1.23 bits per heavy atom. The van der Waals surface area contributed by atoms with E-state index in [9.17, 15) is 4.79 Å². The van der Waals surface area contributed by atoms with Crippen LogP contribution in [-0.4, -0.2) is 58.2 Å². The van der Waals surface area contributed by atoms with Crippen LogP contribution in [0, 0.1) is 0 Å². The molecule has 0 bridgehead atoms. The quantitative estimate of drug-likeness (QED) is 0.431. The highest BCUT2D eigenvalue weighted by Gasteiger charge is 2.25. The lowest BCUT2D eigenvalue weighted by Gasteiger charge is -2.22. The fourth-order valence-electron chi connectivity index (χ4n) is 3.61. The summed E-state index contributed by atoms with van der Waals surface area (Å²) >= 11 is 6.17. The molecule has 1 amide bonds. The van der Waals surface area contributed by atoms with Gasteiger partial charge in [-0.1, -0.05) is 41.9 Å². The highest BCUT2D eigenvalue weighted by atomic mass is 35.5. The van der Waals surface area contributed by atoms with Crippen LogP contribution in [0.25, 0.3) is 0 Å². The second-order valence-electron chi connectivity index (χ2n) is 7.40. The van der Waals surface area contributed by atoms with Gasteiger partial charge >= 0.3 is 0 Å². The summed E-state index contributed by atoms with van der Waals surface area (Å²) in [6.45, 7) is 2.45. The third kappa shape index (κ3) is 6.79. The number of rotatable bonds is 8. The monoisotopic (exact) mass is 443 g/mol. The summed E-state index contributed by atoms with van der Waals surface area (Å²) in [6, 6.07) is 15.9. The lowest BCUT2D eigenvalue weighted by Crippen LogP contribution is -2.47. The van der Waals surface area contributed by atoms with Gasteiger partial charge in [-0.05, 0) is 36.6 Å². The van der Waals surface area contributed by atoms with E-state index >= 15 is 0 Å². The molecule has 0 aromatic heterocycles. The molecule has 8 heteroatoms. The molecule has 0 saturated carbocycles. The average molecular weight is 444 g/mol. The first-order valence-corrected chi connectivity index (χ1v) is 10.8. The van der Waals surface area contributed by atoms with Gasteiger partial charge < -0.3 is 25.6 Å². The summed E-state index contributed by atoms with van der Waals surface area (Å²) < 4.78 is 5.47. The molecule has 0 radical (unpaired) electrons. The summed E-state index contributed by atoms with van der Waals surface area (Å²) in [7, 11) is 3.37. The van der Waals surface area contributed by atoms with Crippen LogP contribution in [0.15, 0.2) is 53.5 Å². The van der Waals surface area contributed by atoms with E-state index in [0.29, 0.717) is 17.5 Å². The van der Waals surface area contributed by atoms with Crippen molar-refractivity contribution in [3.05, 3.63) is 59.1 Å². The van der Waals surface area contributed by atoms with Gasteiger partial charge in [0.25, 0.3) is 0 Å². The number of carbonyl (C=O) groups is 1. The van der Waals surface area contributed by atoms with Gasteiger partial charge in [-0.25, -0.2) is 0 Å². The molecule has 1 unspecified atom stereocenters. The minimum absolute atomic E-state index is 0.0596. The number of nitrogens with one attached hydrogen (secondary N) is 3. The summed E-state index contributed by atoms with van der Waals surface area (Å²) in [5, 5.41) is 10.1. The predicted molar refractivity (Wildman–Crippen MR) is 126 cm³/mol. The Labute approximate surface area is 188 Å². The maximum Gasteiger partial charge on any atom is 0.239 e. The standard InChI is InChI=1S/C23H30ClN5O2/c1-25-23(27-15-22(30)26-12-10-17-6-4-3-5-7-17)28-19-11-13-29(16-19)20-14-18(24)8-9-21(20)31-2/h3-9,14,19H,10-13,15-16H2,1-2H3,(H,26,30)(H2,25,27,28). The average Bonchev–Trinajstić information content (AvgIpc) is 3.25. The molecule has 1 fully saturated rings. The van der Waals surface area contributed by atoms with E-state index < -0.39 is 0 Å². The number of benzene rings is 2. The van der Waals surface area contributed by atoms with Crippen LogP contribution < -0.4 is 25.6 Å². The third-order valence-corrected chi connectivity index (χ3v) is 5.46. The van der Waals surface area contributed by atoms with Crippen molar-refractivity contribution in [3.63, 3.8) is 0 Å². The number of hydrogen-bond donors (Lipinski definition) is 3. The van der Waals surface area contributed by atoms with E-state index in [1.54, 1.807) is 14.2 Å². The largest absolute Gasteiger partial charge is 0.495 e. The minimum Gasteiger partial charge on any atom is -0.495 e. The topological polar surface area (TPSA) is 78.0 Å². The number of nitrogens with zero attached hydrogens (tertiary/aromatic N) is 2. The number of hydrogen-bond acceptors (Lipinski definition) is 4. The van der Waals surface area contributed by atoms with Gasteiger partial charge in [0.05, 0.1) is 19.3 Å². The second-order valence-corrected chi connectivity index (χ2v) is 7.84. The van der Waals surface area contributed by atoms with E-state index in [1.807, 2.05) is 36.4 Å². The molecule has 1 heterocycles. The van der Waals surface area contributed by atoms with E-state index in [4.69, 9.17) is 16.3 Å². The first-order chi connectivity index (χ1) is 15.1. The van der Waals surface area contributed by atoms with Crippen LogP contribution in [0.2, 0.25) is 5.02 Å². The number of halogens is 1. The van der Waals surface area contributed by atoms with Gasteiger partial charge in [0.15, 0.2) is 5.96 Å². The van der Waals surface area contributed by atoms with E-state index in [-0.39, 0.29) is 18.5 Å². The fourth-order valence-corrected chi connectivity index (χ4v) is 3.78. The molecule has 2 aromatic carbocycles. The molecule has 1 aliphatic rings. The zero-order chi connectivity index (χ0) is 22.1. The Bertz CT molecular complexity index is 891. The van der Waals surface area contributed by atoms with Crippen molar-refractivity contribution in [2.45, 2.75) is 18.9 Å². The van der Waals surface area contributed by atoms with Crippen LogP contribution >= 0.6 is 11.6 Å². The molecule has 1 saturated heterocycles. The van der Waals surface area contributed by atoms with Crippen molar-refractivity contribution >= 4 is 29.2 Å². The number of anilines is 1. The smallest absolute Gasteiger partial charge is 0.239 e. The minimum atomic E-state index is -0.0596. The molecule has 0 spiro atoms. The number of methoxy groups -OCH3 is 1. The molecule has 0 aliphatic carbocycles. The molecule has 2 aromatic rings. The van der Waals surface area contributed by atoms with Crippen molar-refractivity contribution < 1.29 is 9.53 Å². The van der Waals surface area contributed by atoms with Crippen molar-refractivity contribution in [2.24, 2.45) is 4.99 Å². The summed E-state index contributed by atoms with van der Waals surface area (Å²) in [4.78, 5) is 18.6. The lowest BCUT2D eigenvalue weighted by molar-refractivity contribution is -0.119. The first kappa shape index (κ1) is 22.7. The van der Waals surface area contributed by atoms with Crippen LogP contribution in [0.4, 0.5) is 5.69 Å². The van der Waals surface area contributed by atoms with Gasteiger partial charge in [0, 0.05) is 37.7 Å². The molecule has 1 aliphatic heterocycles. The van der Waals surface area contributed by atoms with Gasteiger partial charge in [0.1, 0.15) is 5.75 Å². The van der Waals surface area contributed by atoms with E-state index in [0.717, 1.165) is 37.4 Å². The van der Waals surface area contributed by atoms with Crippen molar-refractivity contribution in [3.8, 4) is 5.75 Å². The lowest BCUT2D eigenvalue weighted by atomic mass is 10.1. The predicted octanol–water partition coefficient (Wildman–Crippen LogP) is 2.45. The Hall–Kier alpha value is -2.93.